The van der Waals surface area contributed by atoms with Crippen LogP contribution in [-0.4, -0.2) is 37.0 Å². The summed E-state index contributed by atoms with van der Waals surface area (Å²) in [6, 6.07) is 15.8. The maximum absolute atomic E-state index is 13.3. The molecule has 208 valence electrons. The van der Waals surface area contributed by atoms with E-state index in [0.717, 1.165) is 49.0 Å². The van der Waals surface area contributed by atoms with Gasteiger partial charge in [0.05, 0.1) is 7.11 Å². The topological polar surface area (TPSA) is 93.7 Å². The number of amides is 2. The molecule has 0 heterocycles. The highest BCUT2D eigenvalue weighted by atomic mass is 16.5. The second-order valence-electron chi connectivity index (χ2n) is 10.1. The predicted octanol–water partition coefficient (Wildman–Crippen LogP) is 5.36. The second kappa shape index (κ2) is 17.2. The summed E-state index contributed by atoms with van der Waals surface area (Å²) in [7, 11) is 1.31. The standard InChI is InChI=1S/C31H44N2O5/c1-5-6-7-8-12-15-29(34)32-27(30(35)33-28(20-23(2)3)31(36)37-4)21-24-16-18-26(19-17-24)38-22-25-13-10-9-11-14-25/h9-11,13-14,16-19,23,27-28H,5-8,12,15,20-22H2,1-4H3,(H,32,34)(H,33,35)/t27-,28-/m0/s1. The van der Waals surface area contributed by atoms with Gasteiger partial charge < -0.3 is 20.1 Å². The summed E-state index contributed by atoms with van der Waals surface area (Å²) in [5.74, 6) is -0.155. The van der Waals surface area contributed by atoms with Crippen molar-refractivity contribution in [3.8, 4) is 5.75 Å². The Bertz CT molecular complexity index is 976. The average Bonchev–Trinajstić information content (AvgIpc) is 2.91. The number of hydrogen-bond acceptors (Lipinski definition) is 5. The van der Waals surface area contributed by atoms with Gasteiger partial charge in [0.25, 0.3) is 0 Å². The maximum atomic E-state index is 13.3. The number of methoxy groups -OCH3 is 1. The summed E-state index contributed by atoms with van der Waals surface area (Å²) < 4.78 is 10.8. The lowest BCUT2D eigenvalue weighted by molar-refractivity contribution is -0.145. The molecule has 7 heteroatoms. The number of hydrogen-bond donors (Lipinski definition) is 2. The predicted molar refractivity (Wildman–Crippen MR) is 150 cm³/mol. The van der Waals surface area contributed by atoms with Crippen molar-refractivity contribution < 1.29 is 23.9 Å². The minimum atomic E-state index is -0.812. The lowest BCUT2D eigenvalue weighted by Gasteiger charge is -2.23. The molecule has 2 aromatic rings. The molecule has 7 nitrogen and oxygen atoms in total. The third kappa shape index (κ3) is 11.8. The lowest BCUT2D eigenvalue weighted by Crippen LogP contribution is -2.53. The van der Waals surface area contributed by atoms with E-state index in [1.807, 2.05) is 68.4 Å². The van der Waals surface area contributed by atoms with E-state index in [9.17, 15) is 14.4 Å². The smallest absolute Gasteiger partial charge is 0.328 e. The number of ether oxygens (including phenoxy) is 2. The molecule has 2 amide bonds. The summed E-state index contributed by atoms with van der Waals surface area (Å²) in [6.45, 7) is 6.56. The van der Waals surface area contributed by atoms with Gasteiger partial charge in [-0.2, -0.15) is 0 Å². The summed E-state index contributed by atoms with van der Waals surface area (Å²) in [5, 5.41) is 5.70. The molecule has 0 bridgehead atoms. The van der Waals surface area contributed by atoms with E-state index < -0.39 is 24.0 Å². The van der Waals surface area contributed by atoms with E-state index in [2.05, 4.69) is 17.6 Å². The van der Waals surface area contributed by atoms with E-state index >= 15 is 0 Å². The fraction of sp³-hybridized carbons (Fsp3) is 0.516. The van der Waals surface area contributed by atoms with Crippen molar-refractivity contribution in [2.45, 2.75) is 90.8 Å². The molecule has 0 aliphatic rings. The lowest BCUT2D eigenvalue weighted by atomic mass is 10.0. The van der Waals surface area contributed by atoms with E-state index in [0.29, 0.717) is 25.9 Å². The van der Waals surface area contributed by atoms with Crippen molar-refractivity contribution >= 4 is 17.8 Å². The molecule has 0 saturated heterocycles. The molecule has 2 atom stereocenters. The molecule has 2 N–H and O–H groups in total. The molecule has 0 fully saturated rings. The van der Waals surface area contributed by atoms with Gasteiger partial charge in [0.1, 0.15) is 24.4 Å². The average molecular weight is 525 g/mol. The fourth-order valence-electron chi connectivity index (χ4n) is 4.16. The van der Waals surface area contributed by atoms with Gasteiger partial charge in [-0.15, -0.1) is 0 Å². The maximum Gasteiger partial charge on any atom is 0.328 e. The first-order valence-electron chi connectivity index (χ1n) is 13.8. The number of unbranched alkanes of at least 4 members (excludes halogenated alkanes) is 4. The van der Waals surface area contributed by atoms with Crippen molar-refractivity contribution in [3.63, 3.8) is 0 Å². The molecule has 0 unspecified atom stereocenters. The Morgan fingerprint density at radius 1 is 0.816 bits per heavy atom. The van der Waals surface area contributed by atoms with Crippen molar-refractivity contribution in [1.29, 1.82) is 0 Å². The zero-order valence-corrected chi connectivity index (χ0v) is 23.3. The van der Waals surface area contributed by atoms with Gasteiger partial charge >= 0.3 is 5.97 Å². The molecule has 38 heavy (non-hydrogen) atoms. The number of carbonyl (C=O) groups is 3. The molecular weight excluding hydrogens is 480 g/mol. The summed E-state index contributed by atoms with van der Waals surface area (Å²) >= 11 is 0. The van der Waals surface area contributed by atoms with Crippen LogP contribution in [0.5, 0.6) is 5.75 Å². The minimum Gasteiger partial charge on any atom is -0.489 e. The molecule has 2 rings (SSSR count). The van der Waals surface area contributed by atoms with Crippen LogP contribution in [0.4, 0.5) is 0 Å². The van der Waals surface area contributed by atoms with Gasteiger partial charge in [-0.25, -0.2) is 4.79 Å². The van der Waals surface area contributed by atoms with Crippen molar-refractivity contribution in [3.05, 3.63) is 65.7 Å². The molecule has 0 aromatic heterocycles. The molecule has 0 saturated carbocycles. The Morgan fingerprint density at radius 2 is 1.50 bits per heavy atom. The highest BCUT2D eigenvalue weighted by Crippen LogP contribution is 2.16. The second-order valence-corrected chi connectivity index (χ2v) is 10.1. The van der Waals surface area contributed by atoms with Gasteiger partial charge in [0.2, 0.25) is 11.8 Å². The Labute approximate surface area is 227 Å². The van der Waals surface area contributed by atoms with E-state index in [4.69, 9.17) is 9.47 Å². The highest BCUT2D eigenvalue weighted by Gasteiger charge is 2.28. The summed E-state index contributed by atoms with van der Waals surface area (Å²) in [5.41, 5.74) is 1.95. The Morgan fingerprint density at radius 3 is 2.13 bits per heavy atom. The number of carbonyl (C=O) groups excluding carboxylic acids is 3. The zero-order chi connectivity index (χ0) is 27.8. The normalized spacial score (nSPS) is 12.4. The van der Waals surface area contributed by atoms with Crippen LogP contribution in [-0.2, 0) is 32.1 Å². The largest absolute Gasteiger partial charge is 0.489 e. The van der Waals surface area contributed by atoms with Crippen LogP contribution in [0.1, 0.15) is 76.8 Å². The number of esters is 1. The number of benzene rings is 2. The first-order chi connectivity index (χ1) is 18.3. The third-order valence-electron chi connectivity index (χ3n) is 6.28. The van der Waals surface area contributed by atoms with Crippen LogP contribution in [0.25, 0.3) is 0 Å². The molecule has 0 aliphatic heterocycles. The van der Waals surface area contributed by atoms with Crippen molar-refractivity contribution in [1.82, 2.24) is 10.6 Å². The van der Waals surface area contributed by atoms with E-state index in [-0.39, 0.29) is 11.8 Å². The van der Waals surface area contributed by atoms with Gasteiger partial charge in [-0.1, -0.05) is 88.9 Å². The van der Waals surface area contributed by atoms with E-state index in [1.54, 1.807) is 0 Å². The van der Waals surface area contributed by atoms with Gasteiger partial charge in [-0.05, 0) is 42.0 Å². The highest BCUT2D eigenvalue weighted by molar-refractivity contribution is 5.91. The quantitative estimate of drug-likeness (QED) is 0.215. The molecule has 0 aliphatic carbocycles. The van der Waals surface area contributed by atoms with Crippen LogP contribution >= 0.6 is 0 Å². The Kier molecular flexibility index (Phi) is 14.0. The molecular formula is C31H44N2O5. The Hall–Kier alpha value is -3.35. The first kappa shape index (κ1) is 30.9. The van der Waals surface area contributed by atoms with Gasteiger partial charge in [-0.3, -0.25) is 9.59 Å². The Balaban J connectivity index is 2.06. The molecule has 2 aromatic carbocycles. The molecule has 0 radical (unpaired) electrons. The van der Waals surface area contributed by atoms with Crippen LogP contribution in [0.3, 0.4) is 0 Å². The third-order valence-corrected chi connectivity index (χ3v) is 6.28. The number of nitrogens with one attached hydrogen (secondary N) is 2. The van der Waals surface area contributed by atoms with Crippen molar-refractivity contribution in [2.24, 2.45) is 5.92 Å². The van der Waals surface area contributed by atoms with Crippen LogP contribution < -0.4 is 15.4 Å². The fourth-order valence-corrected chi connectivity index (χ4v) is 4.16. The van der Waals surface area contributed by atoms with Gasteiger partial charge in [0, 0.05) is 12.8 Å². The number of rotatable bonds is 17. The van der Waals surface area contributed by atoms with Crippen LogP contribution in [0.15, 0.2) is 54.6 Å². The van der Waals surface area contributed by atoms with Crippen molar-refractivity contribution in [2.75, 3.05) is 7.11 Å². The van der Waals surface area contributed by atoms with E-state index in [1.165, 1.54) is 7.11 Å². The summed E-state index contributed by atoms with van der Waals surface area (Å²) in [6.07, 6.45) is 6.28. The van der Waals surface area contributed by atoms with Crippen LogP contribution in [0, 0.1) is 5.92 Å². The minimum absolute atomic E-state index is 0.164. The molecule has 0 spiro atoms. The SMILES string of the molecule is CCCCCCCC(=O)N[C@@H](Cc1ccc(OCc2ccccc2)cc1)C(=O)N[C@@H](CC(C)C)C(=O)OC. The van der Waals surface area contributed by atoms with Crippen LogP contribution in [0.2, 0.25) is 0 Å². The summed E-state index contributed by atoms with van der Waals surface area (Å²) in [4.78, 5) is 38.3. The zero-order valence-electron chi connectivity index (χ0n) is 23.3. The van der Waals surface area contributed by atoms with Gasteiger partial charge in [0.15, 0.2) is 0 Å². The monoisotopic (exact) mass is 524 g/mol. The first-order valence-corrected chi connectivity index (χ1v) is 13.8.